The number of hydrogen-bond acceptors (Lipinski definition) is 10. The molecular weight excluding hydrogens is 604 g/mol. The second kappa shape index (κ2) is 16.8. The van der Waals surface area contributed by atoms with E-state index >= 15 is 0 Å². The van der Waals surface area contributed by atoms with Crippen LogP contribution in [0.25, 0.3) is 22.5 Å². The van der Waals surface area contributed by atoms with Gasteiger partial charge >= 0.3 is 6.16 Å². The predicted octanol–water partition coefficient (Wildman–Crippen LogP) is 6.59. The smallest absolute Gasteiger partial charge is 0.429 e. The van der Waals surface area contributed by atoms with Crippen molar-refractivity contribution in [3.05, 3.63) is 99.6 Å². The Kier molecular flexibility index (Phi) is 12.4. The first kappa shape index (κ1) is 34.5. The van der Waals surface area contributed by atoms with Gasteiger partial charge in [0.2, 0.25) is 18.5 Å². The molecule has 0 N–H and O–H groups in total. The normalized spacial score (nSPS) is 11.6. The zero-order valence-electron chi connectivity index (χ0n) is 27.1. The lowest BCUT2D eigenvalue weighted by molar-refractivity contribution is -0.763. The molecule has 13 heteroatoms. The average Bonchev–Trinajstić information content (AvgIpc) is 3.56. The summed E-state index contributed by atoms with van der Waals surface area (Å²) in [4.78, 5) is 43.0. The van der Waals surface area contributed by atoms with Gasteiger partial charge < -0.3 is 19.2 Å². The van der Waals surface area contributed by atoms with Crippen LogP contribution in [-0.2, 0) is 45.6 Å². The van der Waals surface area contributed by atoms with Crippen molar-refractivity contribution in [2.75, 3.05) is 0 Å². The molecule has 4 aromatic rings. The van der Waals surface area contributed by atoms with Crippen LogP contribution in [0.15, 0.2) is 72.8 Å². The third kappa shape index (κ3) is 10.1. The molecule has 1 amide bonds. The van der Waals surface area contributed by atoms with Crippen molar-refractivity contribution in [3.63, 3.8) is 0 Å². The molecule has 1 atom stereocenters. The first-order valence-electron chi connectivity index (χ1n) is 15.5. The van der Waals surface area contributed by atoms with Gasteiger partial charge in [-0.05, 0) is 52.3 Å². The van der Waals surface area contributed by atoms with Crippen molar-refractivity contribution in [2.45, 2.75) is 79.5 Å². The number of rotatable bonds is 16. The number of unbranched alkanes of at least 4 members (excludes halogenated alkanes) is 1. The minimum absolute atomic E-state index is 0.0542. The van der Waals surface area contributed by atoms with E-state index in [0.717, 1.165) is 39.9 Å². The second-order valence-corrected chi connectivity index (χ2v) is 11.5. The van der Waals surface area contributed by atoms with Gasteiger partial charge in [0, 0.05) is 24.6 Å². The fourth-order valence-electron chi connectivity index (χ4n) is 4.77. The second-order valence-electron chi connectivity index (χ2n) is 11.5. The minimum Gasteiger partial charge on any atom is -0.429 e. The quantitative estimate of drug-likeness (QED) is 0.0742. The Balaban J connectivity index is 1.36. The monoisotopic (exact) mass is 644 g/mol. The summed E-state index contributed by atoms with van der Waals surface area (Å²) >= 11 is 0. The third-order valence-corrected chi connectivity index (χ3v) is 7.77. The van der Waals surface area contributed by atoms with Gasteiger partial charge in [0.1, 0.15) is 13.2 Å². The molecule has 3 aromatic carbocycles. The maximum Gasteiger partial charge on any atom is 0.510 e. The van der Waals surface area contributed by atoms with Crippen LogP contribution < -0.4 is 0 Å². The summed E-state index contributed by atoms with van der Waals surface area (Å²) in [6.45, 7) is 8.50. The number of hydrogen-bond donors (Lipinski definition) is 0. The Morgan fingerprint density at radius 1 is 0.894 bits per heavy atom. The van der Waals surface area contributed by atoms with Crippen LogP contribution in [0.5, 0.6) is 0 Å². The number of carbonyl (C=O) groups is 2. The van der Waals surface area contributed by atoms with Crippen molar-refractivity contribution in [1.82, 2.24) is 25.1 Å². The summed E-state index contributed by atoms with van der Waals surface area (Å²) in [5.41, 5.74) is 4.94. The lowest BCUT2D eigenvalue weighted by atomic mass is 9.97. The van der Waals surface area contributed by atoms with E-state index in [1.165, 1.54) is 0 Å². The first-order chi connectivity index (χ1) is 22.6. The number of tetrazole rings is 1. The van der Waals surface area contributed by atoms with Crippen LogP contribution in [-0.4, -0.2) is 48.3 Å². The Hall–Kier alpha value is -5.33. The number of benzene rings is 3. The number of ether oxygens (including phenoxy) is 2. The van der Waals surface area contributed by atoms with E-state index in [2.05, 4.69) is 47.9 Å². The lowest BCUT2D eigenvalue weighted by Gasteiger charge is -2.32. The molecule has 0 aliphatic heterocycles. The molecule has 0 aliphatic rings. The molecule has 13 nitrogen and oxygen atoms in total. The molecule has 1 unspecified atom stereocenters. The maximum atomic E-state index is 13.0. The largest absolute Gasteiger partial charge is 0.510 e. The summed E-state index contributed by atoms with van der Waals surface area (Å²) < 4.78 is 10.3. The molecule has 0 saturated carbocycles. The van der Waals surface area contributed by atoms with Gasteiger partial charge in [-0.1, -0.05) is 100.0 Å². The zero-order valence-corrected chi connectivity index (χ0v) is 27.1. The van der Waals surface area contributed by atoms with Crippen molar-refractivity contribution in [1.29, 1.82) is 0 Å². The van der Waals surface area contributed by atoms with E-state index in [0.29, 0.717) is 35.8 Å². The molecule has 0 bridgehead atoms. The summed E-state index contributed by atoms with van der Waals surface area (Å²) in [5, 5.41) is 22.0. The molecule has 248 valence electrons. The van der Waals surface area contributed by atoms with Gasteiger partial charge in [-0.3, -0.25) is 4.79 Å². The summed E-state index contributed by atoms with van der Waals surface area (Å²) in [7, 11) is 0. The predicted molar refractivity (Wildman–Crippen MR) is 173 cm³/mol. The molecule has 0 fully saturated rings. The van der Waals surface area contributed by atoms with Crippen molar-refractivity contribution < 1.29 is 29.0 Å². The molecule has 4 rings (SSSR count). The Morgan fingerprint density at radius 3 is 2.17 bits per heavy atom. The Morgan fingerprint density at radius 2 is 1.53 bits per heavy atom. The van der Waals surface area contributed by atoms with E-state index in [-0.39, 0.29) is 31.9 Å². The first-order valence-corrected chi connectivity index (χ1v) is 15.5. The van der Waals surface area contributed by atoms with Crippen LogP contribution in [0.4, 0.5) is 4.79 Å². The van der Waals surface area contributed by atoms with E-state index in [1.54, 1.807) is 24.3 Å². The van der Waals surface area contributed by atoms with Crippen molar-refractivity contribution >= 4 is 12.1 Å². The van der Waals surface area contributed by atoms with Crippen LogP contribution in [0.1, 0.15) is 63.6 Å². The maximum absolute atomic E-state index is 13.0. The highest BCUT2D eigenvalue weighted by Crippen LogP contribution is 2.30. The van der Waals surface area contributed by atoms with Crippen molar-refractivity contribution in [2.24, 2.45) is 5.92 Å². The Bertz CT molecular complexity index is 1620. The molecule has 1 aromatic heterocycles. The van der Waals surface area contributed by atoms with Crippen molar-refractivity contribution in [3.8, 4) is 22.5 Å². The minimum atomic E-state index is -0.918. The van der Waals surface area contributed by atoms with E-state index in [1.807, 2.05) is 53.4 Å². The topological polar surface area (TPSA) is 152 Å². The molecule has 0 spiro atoms. The summed E-state index contributed by atoms with van der Waals surface area (Å²) in [6.07, 6.45) is 1.51. The number of amides is 1. The molecule has 0 saturated heterocycles. The molecule has 47 heavy (non-hydrogen) atoms. The SMILES string of the molecule is CCCCC(=O)N(Cc1ccc(-c2ccccc2-c2nnn(COC(=O)OCc3ccc(CO[N+](=O)[O-])cc3)n2)cc1)C(C)C(C)C. The standard InChI is InChI=1S/C34H40N6O7/c1-5-6-11-32(41)38(25(4)24(2)3)20-26-16-18-29(19-17-26)30-9-7-8-10-31(30)33-35-37-39(36-33)23-46-34(42)45-21-27-12-14-28(15-13-27)22-47-40(43)44/h7-10,12-19,24-25H,5-6,11,20-23H2,1-4H3. The molecule has 1 heterocycles. The molecular formula is C34H40N6O7. The highest BCUT2D eigenvalue weighted by atomic mass is 16.9. The van der Waals surface area contributed by atoms with Gasteiger partial charge in [0.15, 0.2) is 0 Å². The van der Waals surface area contributed by atoms with Crippen LogP contribution in [0.3, 0.4) is 0 Å². The lowest BCUT2D eigenvalue weighted by Crippen LogP contribution is -2.40. The molecule has 0 aliphatic carbocycles. The summed E-state index contributed by atoms with van der Waals surface area (Å²) in [6, 6.07) is 22.6. The number of carbonyl (C=O) groups excluding carboxylic acids is 2. The fraction of sp³-hybridized carbons (Fsp3) is 0.382. The van der Waals surface area contributed by atoms with Gasteiger partial charge in [0.25, 0.3) is 5.09 Å². The number of nitrogens with zero attached hydrogens (tertiary/aromatic N) is 6. The highest BCUT2D eigenvalue weighted by molar-refractivity contribution is 5.80. The van der Waals surface area contributed by atoms with Gasteiger partial charge in [-0.25, -0.2) is 4.79 Å². The fourth-order valence-corrected chi connectivity index (χ4v) is 4.77. The van der Waals surface area contributed by atoms with Gasteiger partial charge in [-0.2, -0.15) is 0 Å². The van der Waals surface area contributed by atoms with Crippen LogP contribution in [0, 0.1) is 16.0 Å². The van der Waals surface area contributed by atoms with Crippen LogP contribution in [0.2, 0.25) is 0 Å². The third-order valence-electron chi connectivity index (χ3n) is 7.77. The van der Waals surface area contributed by atoms with Crippen LogP contribution >= 0.6 is 0 Å². The highest BCUT2D eigenvalue weighted by Gasteiger charge is 2.22. The van der Waals surface area contributed by atoms with Gasteiger partial charge in [0.05, 0.1) is 0 Å². The average molecular weight is 645 g/mol. The van der Waals surface area contributed by atoms with Gasteiger partial charge in [-0.15, -0.1) is 25.1 Å². The van der Waals surface area contributed by atoms with E-state index in [4.69, 9.17) is 9.47 Å². The van der Waals surface area contributed by atoms with E-state index < -0.39 is 11.2 Å². The summed E-state index contributed by atoms with van der Waals surface area (Å²) in [5.74, 6) is 0.893. The Labute approximate surface area is 273 Å². The number of aromatic nitrogens is 4. The van der Waals surface area contributed by atoms with E-state index in [9.17, 15) is 19.7 Å². The molecule has 0 radical (unpaired) electrons. The zero-order chi connectivity index (χ0) is 33.8.